The largest absolute Gasteiger partial charge is 0.458 e. The lowest BCUT2D eigenvalue weighted by atomic mass is 9.82. The monoisotopic (exact) mass is 353 g/mol. The first kappa shape index (κ1) is 17.5. The van der Waals surface area contributed by atoms with Crippen molar-refractivity contribution in [1.82, 2.24) is 9.97 Å². The second-order valence-electron chi connectivity index (χ2n) is 6.09. The number of aromatic amines is 2. The molecule has 3 N–H and O–H groups in total. The van der Waals surface area contributed by atoms with Gasteiger partial charge in [-0.3, -0.25) is 14.8 Å². The van der Waals surface area contributed by atoms with E-state index < -0.39 is 23.1 Å². The zero-order valence-corrected chi connectivity index (χ0v) is 14.5. The Morgan fingerprint density at radius 2 is 1.88 bits per heavy atom. The number of nitrogens with one attached hydrogen (secondary N) is 3. The molecule has 1 atom stereocenters. The number of H-pyrrole nitrogens is 2. The molecule has 1 aliphatic heterocycles. The molecule has 0 saturated heterocycles. The van der Waals surface area contributed by atoms with E-state index in [4.69, 9.17) is 4.74 Å². The predicted octanol–water partition coefficient (Wildman–Crippen LogP) is 1.93. The van der Waals surface area contributed by atoms with E-state index in [1.165, 1.54) is 6.08 Å². The van der Waals surface area contributed by atoms with Gasteiger partial charge in [0.15, 0.2) is 0 Å². The number of hydrogen-bond acceptors (Lipinski definition) is 5. The van der Waals surface area contributed by atoms with Crippen molar-refractivity contribution in [3.63, 3.8) is 0 Å². The third-order valence-electron chi connectivity index (χ3n) is 4.24. The smallest absolute Gasteiger partial charge is 0.337 e. The molecule has 7 heteroatoms. The number of hydrogen-bond donors (Lipinski definition) is 3. The molecule has 1 aliphatic rings. The van der Waals surface area contributed by atoms with Gasteiger partial charge in [0, 0.05) is 5.70 Å². The summed E-state index contributed by atoms with van der Waals surface area (Å²) < 4.78 is 5.22. The fraction of sp³-hybridized carbons (Fsp3) is 0.211. The first-order valence-corrected chi connectivity index (χ1v) is 8.11. The van der Waals surface area contributed by atoms with Gasteiger partial charge in [0.1, 0.15) is 12.4 Å². The minimum atomic E-state index is -0.662. The van der Waals surface area contributed by atoms with Crippen LogP contribution in [-0.4, -0.2) is 22.5 Å². The number of esters is 1. The Balaban J connectivity index is 2.23. The Bertz CT molecular complexity index is 1010. The van der Waals surface area contributed by atoms with Gasteiger partial charge in [-0.2, -0.15) is 0 Å². The molecular formula is C19H19N3O4. The van der Waals surface area contributed by atoms with Crippen LogP contribution in [0.25, 0.3) is 0 Å². The molecule has 0 saturated carbocycles. The van der Waals surface area contributed by atoms with Crippen molar-refractivity contribution in [3.05, 3.63) is 85.7 Å². The van der Waals surface area contributed by atoms with Gasteiger partial charge < -0.3 is 10.1 Å². The minimum Gasteiger partial charge on any atom is -0.458 e. The molecule has 1 aromatic carbocycles. The van der Waals surface area contributed by atoms with Crippen molar-refractivity contribution in [3.8, 4) is 0 Å². The number of fused-ring (bicyclic) bond motifs is 1. The van der Waals surface area contributed by atoms with Crippen molar-refractivity contribution >= 4 is 11.8 Å². The van der Waals surface area contributed by atoms with Crippen LogP contribution in [0, 0.1) is 6.92 Å². The summed E-state index contributed by atoms with van der Waals surface area (Å²) in [4.78, 5) is 41.6. The maximum absolute atomic E-state index is 12.7. The average molecular weight is 353 g/mol. The molecule has 0 fully saturated rings. The lowest BCUT2D eigenvalue weighted by Crippen LogP contribution is -2.35. The maximum Gasteiger partial charge on any atom is 0.337 e. The summed E-state index contributed by atoms with van der Waals surface area (Å²) in [6, 6.07) is 7.51. The van der Waals surface area contributed by atoms with E-state index in [1.54, 1.807) is 6.92 Å². The Kier molecular flexibility index (Phi) is 4.62. The lowest BCUT2D eigenvalue weighted by Gasteiger charge is -2.28. The Morgan fingerprint density at radius 1 is 1.19 bits per heavy atom. The van der Waals surface area contributed by atoms with Gasteiger partial charge in [0.25, 0.3) is 5.56 Å². The zero-order valence-electron chi connectivity index (χ0n) is 14.5. The molecule has 1 aromatic heterocycles. The zero-order chi connectivity index (χ0) is 18.8. The fourth-order valence-corrected chi connectivity index (χ4v) is 3.06. The molecule has 0 radical (unpaired) electrons. The first-order valence-electron chi connectivity index (χ1n) is 8.11. The highest BCUT2D eigenvalue weighted by molar-refractivity contribution is 5.94. The second-order valence-corrected chi connectivity index (χ2v) is 6.09. The highest BCUT2D eigenvalue weighted by atomic mass is 16.5. The first-order chi connectivity index (χ1) is 12.4. The van der Waals surface area contributed by atoms with Crippen LogP contribution in [0.3, 0.4) is 0 Å². The van der Waals surface area contributed by atoms with E-state index >= 15 is 0 Å². The molecule has 0 amide bonds. The van der Waals surface area contributed by atoms with Gasteiger partial charge in [-0.25, -0.2) is 9.59 Å². The van der Waals surface area contributed by atoms with E-state index in [-0.39, 0.29) is 18.0 Å². The van der Waals surface area contributed by atoms with Crippen LogP contribution in [0.5, 0.6) is 0 Å². The Hall–Kier alpha value is -3.35. The van der Waals surface area contributed by atoms with Crippen LogP contribution in [0.2, 0.25) is 0 Å². The summed E-state index contributed by atoms with van der Waals surface area (Å²) in [5.41, 5.74) is 1.73. The lowest BCUT2D eigenvalue weighted by molar-refractivity contribution is -0.138. The van der Waals surface area contributed by atoms with Crippen LogP contribution in [0.4, 0.5) is 5.82 Å². The number of allylic oxidation sites excluding steroid dienone is 1. The molecule has 0 unspecified atom stereocenters. The fourth-order valence-electron chi connectivity index (χ4n) is 3.06. The molecular weight excluding hydrogens is 334 g/mol. The number of carbonyl (C=O) groups excluding carboxylic acids is 1. The molecule has 2 aromatic rings. The van der Waals surface area contributed by atoms with Gasteiger partial charge in [0.2, 0.25) is 0 Å². The Morgan fingerprint density at radius 3 is 2.54 bits per heavy atom. The van der Waals surface area contributed by atoms with E-state index in [2.05, 4.69) is 21.9 Å². The Labute approximate surface area is 149 Å². The van der Waals surface area contributed by atoms with Crippen LogP contribution in [0.15, 0.2) is 57.8 Å². The SMILES string of the molecule is C=CCOC(=O)C1=C(C)Nc2[nH]c(=O)[nH]c(=O)c2[C@H]1c1ccc(C)cc1. The summed E-state index contributed by atoms with van der Waals surface area (Å²) in [5, 5.41) is 2.94. The van der Waals surface area contributed by atoms with Crippen molar-refractivity contribution in [2.45, 2.75) is 19.8 Å². The number of aryl methyl sites for hydroxylation is 1. The highest BCUT2D eigenvalue weighted by Crippen LogP contribution is 2.39. The van der Waals surface area contributed by atoms with E-state index in [0.717, 1.165) is 11.1 Å². The van der Waals surface area contributed by atoms with Gasteiger partial charge in [-0.05, 0) is 19.4 Å². The number of benzene rings is 1. The number of ether oxygens (including phenoxy) is 1. The minimum absolute atomic E-state index is 0.0606. The molecule has 7 nitrogen and oxygen atoms in total. The quantitative estimate of drug-likeness (QED) is 0.575. The van der Waals surface area contributed by atoms with Gasteiger partial charge in [-0.15, -0.1) is 0 Å². The molecule has 0 bridgehead atoms. The van der Waals surface area contributed by atoms with E-state index in [9.17, 15) is 14.4 Å². The van der Waals surface area contributed by atoms with Crippen molar-refractivity contribution in [1.29, 1.82) is 0 Å². The van der Waals surface area contributed by atoms with E-state index in [0.29, 0.717) is 11.3 Å². The van der Waals surface area contributed by atoms with Crippen LogP contribution >= 0.6 is 0 Å². The molecule has 2 heterocycles. The summed E-state index contributed by atoms with van der Waals surface area (Å²) in [5.74, 6) is -0.927. The summed E-state index contributed by atoms with van der Waals surface area (Å²) in [6.45, 7) is 7.25. The van der Waals surface area contributed by atoms with Crippen molar-refractivity contribution in [2.24, 2.45) is 0 Å². The van der Waals surface area contributed by atoms with Crippen molar-refractivity contribution in [2.75, 3.05) is 11.9 Å². The summed E-state index contributed by atoms with van der Waals surface area (Å²) >= 11 is 0. The maximum atomic E-state index is 12.7. The topological polar surface area (TPSA) is 104 Å². The predicted molar refractivity (Wildman–Crippen MR) is 98.2 cm³/mol. The third-order valence-corrected chi connectivity index (χ3v) is 4.24. The average Bonchev–Trinajstić information content (AvgIpc) is 2.59. The molecule has 0 aliphatic carbocycles. The number of aromatic nitrogens is 2. The number of carbonyl (C=O) groups is 1. The van der Waals surface area contributed by atoms with Crippen LogP contribution < -0.4 is 16.6 Å². The second kappa shape index (κ2) is 6.87. The number of anilines is 1. The summed E-state index contributed by atoms with van der Waals surface area (Å²) in [6.07, 6.45) is 1.48. The standard InChI is InChI=1S/C19H19N3O4/c1-4-9-26-18(24)13-11(3)20-16-15(17(23)22-19(25)21-16)14(13)12-7-5-10(2)6-8-12/h4-8,14H,1,9H2,2-3H3,(H3,20,21,22,23,25)/t14-/m0/s1. The molecule has 134 valence electrons. The number of rotatable bonds is 4. The normalized spacial score (nSPS) is 15.8. The molecule has 0 spiro atoms. The van der Waals surface area contributed by atoms with Gasteiger partial charge >= 0.3 is 11.7 Å². The highest BCUT2D eigenvalue weighted by Gasteiger charge is 2.35. The van der Waals surface area contributed by atoms with Crippen LogP contribution in [-0.2, 0) is 9.53 Å². The molecule has 26 heavy (non-hydrogen) atoms. The van der Waals surface area contributed by atoms with Crippen LogP contribution in [0.1, 0.15) is 29.5 Å². The summed E-state index contributed by atoms with van der Waals surface area (Å²) in [7, 11) is 0. The molecule has 3 rings (SSSR count). The van der Waals surface area contributed by atoms with Gasteiger partial charge in [-0.1, -0.05) is 42.5 Å². The van der Waals surface area contributed by atoms with Crippen molar-refractivity contribution < 1.29 is 9.53 Å². The van der Waals surface area contributed by atoms with Gasteiger partial charge in [0.05, 0.1) is 17.1 Å². The third kappa shape index (κ3) is 3.11. The van der Waals surface area contributed by atoms with E-state index in [1.807, 2.05) is 31.2 Å².